The molecule has 0 bridgehead atoms. The molecule has 15 heavy (non-hydrogen) atoms. The fourth-order valence-corrected chi connectivity index (χ4v) is 1.38. The van der Waals surface area contributed by atoms with Gasteiger partial charge in [-0.1, -0.05) is 18.5 Å². The summed E-state index contributed by atoms with van der Waals surface area (Å²) < 4.78 is 36.7. The number of alkyl halides is 3. The molecule has 0 amide bonds. The fourth-order valence-electron chi connectivity index (χ4n) is 1.09. The maximum absolute atomic E-state index is 12.2. The van der Waals surface area contributed by atoms with Gasteiger partial charge in [-0.25, -0.2) is 0 Å². The van der Waals surface area contributed by atoms with Crippen LogP contribution < -0.4 is 5.73 Å². The molecule has 0 spiro atoms. The lowest BCUT2D eigenvalue weighted by Crippen LogP contribution is -2.13. The van der Waals surface area contributed by atoms with E-state index >= 15 is 0 Å². The van der Waals surface area contributed by atoms with Gasteiger partial charge >= 0.3 is 6.18 Å². The molecule has 1 atom stereocenters. The summed E-state index contributed by atoms with van der Waals surface area (Å²) in [6.07, 6.45) is -2.80. The number of nitrogens with two attached hydrogens (primary N) is 1. The van der Waals surface area contributed by atoms with Crippen molar-refractivity contribution in [3.8, 4) is 0 Å². The molecule has 0 fully saturated rings. The van der Waals surface area contributed by atoms with E-state index in [1.165, 1.54) is 0 Å². The third-order valence-corrected chi connectivity index (χ3v) is 2.34. The second-order valence-electron chi connectivity index (χ2n) is 3.10. The molecule has 0 aliphatic carbocycles. The second kappa shape index (κ2) is 4.37. The Hall–Kier alpha value is -0.810. The van der Waals surface area contributed by atoms with Crippen molar-refractivity contribution in [2.24, 2.45) is 5.73 Å². The number of rotatable bonds is 2. The highest BCUT2D eigenvalue weighted by Gasteiger charge is 2.33. The van der Waals surface area contributed by atoms with Gasteiger partial charge in [0.2, 0.25) is 0 Å². The summed E-state index contributed by atoms with van der Waals surface area (Å²) >= 11 is 5.69. The molecule has 0 aliphatic heterocycles. The molecule has 0 saturated heterocycles. The third-order valence-electron chi connectivity index (χ3n) is 2.01. The number of hydrogen-bond donors (Lipinski definition) is 1. The van der Waals surface area contributed by atoms with Crippen LogP contribution >= 0.6 is 11.6 Å². The minimum Gasteiger partial charge on any atom is -0.324 e. The molecule has 2 nitrogen and oxygen atoms in total. The highest BCUT2D eigenvalue weighted by molar-refractivity contribution is 6.31. The highest BCUT2D eigenvalue weighted by Crippen LogP contribution is 2.31. The summed E-state index contributed by atoms with van der Waals surface area (Å²) in [7, 11) is 0. The van der Waals surface area contributed by atoms with Crippen LogP contribution in [0.15, 0.2) is 12.3 Å². The van der Waals surface area contributed by atoms with E-state index in [1.807, 2.05) is 6.92 Å². The number of nitrogens with zero attached hydrogens (tertiary/aromatic N) is 1. The predicted octanol–water partition coefficient (Wildman–Crippen LogP) is 3.16. The number of pyridine rings is 1. The van der Waals surface area contributed by atoms with Gasteiger partial charge in [0, 0.05) is 22.8 Å². The Labute approximate surface area is 90.3 Å². The van der Waals surface area contributed by atoms with Crippen molar-refractivity contribution in [1.29, 1.82) is 0 Å². The predicted molar refractivity (Wildman–Crippen MR) is 51.5 cm³/mol. The minimum absolute atomic E-state index is 0.00618. The van der Waals surface area contributed by atoms with E-state index in [4.69, 9.17) is 17.3 Å². The van der Waals surface area contributed by atoms with E-state index in [9.17, 15) is 13.2 Å². The smallest absolute Gasteiger partial charge is 0.324 e. The zero-order chi connectivity index (χ0) is 11.6. The molecule has 0 saturated carbocycles. The molecule has 6 heteroatoms. The monoisotopic (exact) mass is 238 g/mol. The first-order valence-electron chi connectivity index (χ1n) is 4.34. The lowest BCUT2D eigenvalue weighted by molar-refractivity contribution is -0.141. The van der Waals surface area contributed by atoms with E-state index in [0.29, 0.717) is 12.0 Å². The molecule has 1 aromatic heterocycles. The van der Waals surface area contributed by atoms with E-state index in [1.54, 1.807) is 0 Å². The summed E-state index contributed by atoms with van der Waals surface area (Å²) in [5, 5.41) is 0.00618. The summed E-state index contributed by atoms with van der Waals surface area (Å²) in [6, 6.07) is 0.416. The Morgan fingerprint density at radius 1 is 1.53 bits per heavy atom. The van der Waals surface area contributed by atoms with Crippen molar-refractivity contribution in [2.45, 2.75) is 25.6 Å². The van der Waals surface area contributed by atoms with Gasteiger partial charge in [-0.2, -0.15) is 13.2 Å². The molecule has 0 radical (unpaired) electrons. The van der Waals surface area contributed by atoms with Crippen LogP contribution in [0.5, 0.6) is 0 Å². The summed E-state index contributed by atoms with van der Waals surface area (Å²) in [4.78, 5) is 3.29. The molecule has 2 N–H and O–H groups in total. The average molecular weight is 239 g/mol. The molecule has 1 heterocycles. The Kier molecular flexibility index (Phi) is 3.57. The molecule has 0 aliphatic rings. The SMILES string of the molecule is CC[C@@H](N)c1cnc(C(F)(F)F)cc1Cl. The van der Waals surface area contributed by atoms with Crippen LogP contribution in [0.3, 0.4) is 0 Å². The van der Waals surface area contributed by atoms with Crippen molar-refractivity contribution in [3.05, 3.63) is 28.5 Å². The molecule has 1 rings (SSSR count). The Morgan fingerprint density at radius 2 is 2.13 bits per heavy atom. The standard InChI is InChI=1S/C9H10ClF3N2/c1-2-7(14)5-4-15-8(3-6(5)10)9(11,12)13/h3-4,7H,2,14H2,1H3/t7-/m1/s1. The first kappa shape index (κ1) is 12.3. The largest absolute Gasteiger partial charge is 0.433 e. The lowest BCUT2D eigenvalue weighted by atomic mass is 10.1. The third kappa shape index (κ3) is 2.82. The van der Waals surface area contributed by atoms with Crippen LogP contribution in [0.4, 0.5) is 13.2 Å². The minimum atomic E-state index is -4.47. The van der Waals surface area contributed by atoms with E-state index < -0.39 is 11.9 Å². The van der Waals surface area contributed by atoms with Crippen LogP contribution in [-0.2, 0) is 6.18 Å². The highest BCUT2D eigenvalue weighted by atomic mass is 35.5. The van der Waals surface area contributed by atoms with Crippen LogP contribution in [0.2, 0.25) is 5.02 Å². The van der Waals surface area contributed by atoms with Crippen molar-refractivity contribution in [1.82, 2.24) is 4.98 Å². The summed E-state index contributed by atoms with van der Waals surface area (Å²) in [5.74, 6) is 0. The van der Waals surface area contributed by atoms with Crippen molar-refractivity contribution in [3.63, 3.8) is 0 Å². The lowest BCUT2D eigenvalue weighted by Gasteiger charge is -2.12. The van der Waals surface area contributed by atoms with Crippen LogP contribution in [-0.4, -0.2) is 4.98 Å². The zero-order valence-electron chi connectivity index (χ0n) is 7.98. The maximum atomic E-state index is 12.2. The zero-order valence-corrected chi connectivity index (χ0v) is 8.73. The molecule has 1 aromatic rings. The van der Waals surface area contributed by atoms with Crippen LogP contribution in [0.25, 0.3) is 0 Å². The van der Waals surface area contributed by atoms with Gasteiger partial charge in [0.25, 0.3) is 0 Å². The van der Waals surface area contributed by atoms with E-state index in [0.717, 1.165) is 12.3 Å². The number of halogens is 4. The normalized spacial score (nSPS) is 14.0. The Morgan fingerprint density at radius 3 is 2.53 bits per heavy atom. The Bertz CT molecular complexity index is 352. The topological polar surface area (TPSA) is 38.9 Å². The van der Waals surface area contributed by atoms with Gasteiger partial charge in [-0.3, -0.25) is 4.98 Å². The average Bonchev–Trinajstić information content (AvgIpc) is 2.15. The summed E-state index contributed by atoms with van der Waals surface area (Å²) in [5.41, 5.74) is 5.09. The first-order valence-corrected chi connectivity index (χ1v) is 4.72. The molecule has 0 unspecified atom stereocenters. The van der Waals surface area contributed by atoms with Gasteiger partial charge in [0.1, 0.15) is 5.69 Å². The van der Waals surface area contributed by atoms with Gasteiger partial charge in [0.15, 0.2) is 0 Å². The second-order valence-corrected chi connectivity index (χ2v) is 3.51. The fraction of sp³-hybridized carbons (Fsp3) is 0.444. The molecule has 0 aromatic carbocycles. The molecular weight excluding hydrogens is 229 g/mol. The quantitative estimate of drug-likeness (QED) is 0.860. The van der Waals surface area contributed by atoms with Gasteiger partial charge in [-0.05, 0) is 12.5 Å². The first-order chi connectivity index (χ1) is 6.86. The van der Waals surface area contributed by atoms with Gasteiger partial charge in [-0.15, -0.1) is 0 Å². The summed E-state index contributed by atoms with van der Waals surface area (Å²) in [6.45, 7) is 1.82. The number of hydrogen-bond acceptors (Lipinski definition) is 2. The number of aromatic nitrogens is 1. The maximum Gasteiger partial charge on any atom is 0.433 e. The van der Waals surface area contributed by atoms with Crippen LogP contribution in [0.1, 0.15) is 30.6 Å². The van der Waals surface area contributed by atoms with Gasteiger partial charge in [0.05, 0.1) is 0 Å². The Balaban J connectivity index is 3.09. The van der Waals surface area contributed by atoms with Crippen molar-refractivity contribution < 1.29 is 13.2 Å². The van der Waals surface area contributed by atoms with Crippen molar-refractivity contribution in [2.75, 3.05) is 0 Å². The molecular formula is C9H10ClF3N2. The van der Waals surface area contributed by atoms with E-state index in [-0.39, 0.29) is 11.1 Å². The van der Waals surface area contributed by atoms with E-state index in [2.05, 4.69) is 4.98 Å². The molecule has 84 valence electrons. The van der Waals surface area contributed by atoms with Crippen molar-refractivity contribution >= 4 is 11.6 Å². The van der Waals surface area contributed by atoms with Gasteiger partial charge < -0.3 is 5.73 Å². The van der Waals surface area contributed by atoms with Crippen LogP contribution in [0, 0.1) is 0 Å².